The summed E-state index contributed by atoms with van der Waals surface area (Å²) in [6.07, 6.45) is 5.75. The van der Waals surface area contributed by atoms with Crippen molar-refractivity contribution in [2.75, 3.05) is 46.1 Å². The molecule has 0 bridgehead atoms. The molecule has 2 aliphatic rings. The van der Waals surface area contributed by atoms with Crippen molar-refractivity contribution in [2.45, 2.75) is 37.7 Å². The van der Waals surface area contributed by atoms with E-state index in [9.17, 15) is 5.11 Å². The lowest BCUT2D eigenvalue weighted by molar-refractivity contribution is -0.0630. The Bertz CT molecular complexity index is 437. The van der Waals surface area contributed by atoms with E-state index >= 15 is 0 Å². The van der Waals surface area contributed by atoms with E-state index in [0.29, 0.717) is 26.4 Å². The Balaban J connectivity index is 1.33. The predicted molar refractivity (Wildman–Crippen MR) is 84.2 cm³/mol. The molecule has 0 amide bonds. The fourth-order valence-corrected chi connectivity index (χ4v) is 3.14. The maximum Gasteiger partial charge on any atom is 0.0900 e. The van der Waals surface area contributed by atoms with Crippen LogP contribution in [0.15, 0.2) is 18.5 Å². The van der Waals surface area contributed by atoms with Gasteiger partial charge in [-0.25, -0.2) is 0 Å². The third-order valence-electron chi connectivity index (χ3n) is 4.28. The summed E-state index contributed by atoms with van der Waals surface area (Å²) < 4.78 is 18.8. The van der Waals surface area contributed by atoms with Gasteiger partial charge >= 0.3 is 0 Å². The molecule has 23 heavy (non-hydrogen) atoms. The Labute approximate surface area is 137 Å². The highest BCUT2D eigenvalue weighted by Gasteiger charge is 2.23. The summed E-state index contributed by atoms with van der Waals surface area (Å²) in [5, 5.41) is 14.4. The predicted octanol–water partition coefficient (Wildman–Crippen LogP) is 0.140. The zero-order chi connectivity index (χ0) is 15.9. The first kappa shape index (κ1) is 16.9. The van der Waals surface area contributed by atoms with Gasteiger partial charge in [-0.1, -0.05) is 0 Å². The van der Waals surface area contributed by atoms with Gasteiger partial charge in [0.2, 0.25) is 0 Å². The van der Waals surface area contributed by atoms with E-state index in [4.69, 9.17) is 14.2 Å². The largest absolute Gasteiger partial charge is 0.389 e. The number of rotatable bonds is 8. The Morgan fingerprint density at radius 1 is 1.30 bits per heavy atom. The van der Waals surface area contributed by atoms with Crippen molar-refractivity contribution >= 4 is 0 Å². The highest BCUT2D eigenvalue weighted by atomic mass is 16.5. The van der Waals surface area contributed by atoms with E-state index in [1.807, 2.05) is 16.9 Å². The number of aliphatic hydroxyl groups is 1. The Morgan fingerprint density at radius 2 is 2.22 bits per heavy atom. The first-order valence-electron chi connectivity index (χ1n) is 8.48. The minimum absolute atomic E-state index is 0.114. The summed E-state index contributed by atoms with van der Waals surface area (Å²) in [7, 11) is 0. The highest BCUT2D eigenvalue weighted by Crippen LogP contribution is 2.12. The molecule has 1 N–H and O–H groups in total. The van der Waals surface area contributed by atoms with E-state index in [-0.39, 0.29) is 12.2 Å². The second-order valence-corrected chi connectivity index (χ2v) is 6.31. The first-order chi connectivity index (χ1) is 11.3. The molecule has 0 radical (unpaired) electrons. The van der Waals surface area contributed by atoms with Gasteiger partial charge in [0.05, 0.1) is 44.7 Å². The van der Waals surface area contributed by atoms with Crippen molar-refractivity contribution in [3.05, 3.63) is 18.5 Å². The minimum Gasteiger partial charge on any atom is -0.389 e. The van der Waals surface area contributed by atoms with Crippen LogP contribution >= 0.6 is 0 Å². The van der Waals surface area contributed by atoms with E-state index in [2.05, 4.69) is 10.00 Å². The summed E-state index contributed by atoms with van der Waals surface area (Å²) in [5.41, 5.74) is 0. The Kier molecular flexibility index (Phi) is 6.41. The molecule has 0 aliphatic carbocycles. The van der Waals surface area contributed by atoms with Crippen LogP contribution in [0, 0.1) is 0 Å². The van der Waals surface area contributed by atoms with Crippen LogP contribution < -0.4 is 0 Å². The molecule has 130 valence electrons. The van der Waals surface area contributed by atoms with Gasteiger partial charge in [-0.2, -0.15) is 5.10 Å². The average molecular weight is 325 g/mol. The number of hydrogen-bond donors (Lipinski definition) is 1. The van der Waals surface area contributed by atoms with Crippen molar-refractivity contribution in [2.24, 2.45) is 0 Å². The lowest BCUT2D eigenvalue weighted by atomic mass is 10.2. The summed E-state index contributed by atoms with van der Waals surface area (Å²) in [6, 6.07) is 1.91. The van der Waals surface area contributed by atoms with Gasteiger partial charge in [0.25, 0.3) is 0 Å². The monoisotopic (exact) mass is 325 g/mol. The summed E-state index contributed by atoms with van der Waals surface area (Å²) in [4.78, 5) is 2.23. The normalized spacial score (nSPS) is 27.3. The van der Waals surface area contributed by atoms with Crippen LogP contribution in [0.4, 0.5) is 0 Å². The van der Waals surface area contributed by atoms with Gasteiger partial charge in [-0.3, -0.25) is 9.58 Å². The van der Waals surface area contributed by atoms with Crippen LogP contribution in [-0.2, 0) is 20.8 Å². The molecule has 7 heteroatoms. The van der Waals surface area contributed by atoms with Gasteiger partial charge in [0.1, 0.15) is 0 Å². The number of ether oxygens (including phenoxy) is 3. The second-order valence-electron chi connectivity index (χ2n) is 6.31. The molecule has 7 nitrogen and oxygen atoms in total. The zero-order valence-corrected chi connectivity index (χ0v) is 13.5. The van der Waals surface area contributed by atoms with Crippen LogP contribution in [0.25, 0.3) is 0 Å². The fourth-order valence-electron chi connectivity index (χ4n) is 3.14. The number of hydrogen-bond acceptors (Lipinski definition) is 6. The van der Waals surface area contributed by atoms with Crippen LogP contribution in [0.3, 0.4) is 0 Å². The van der Waals surface area contributed by atoms with Crippen LogP contribution in [0.5, 0.6) is 0 Å². The van der Waals surface area contributed by atoms with Gasteiger partial charge in [0, 0.05) is 38.6 Å². The molecule has 0 spiro atoms. The van der Waals surface area contributed by atoms with Gasteiger partial charge in [-0.15, -0.1) is 0 Å². The number of aliphatic hydroxyl groups excluding tert-OH is 1. The molecule has 1 aromatic rings. The lowest BCUT2D eigenvalue weighted by Gasteiger charge is -2.34. The summed E-state index contributed by atoms with van der Waals surface area (Å²) >= 11 is 0. The first-order valence-corrected chi connectivity index (χ1v) is 8.48. The molecule has 3 unspecified atom stereocenters. The van der Waals surface area contributed by atoms with E-state index < -0.39 is 6.10 Å². The minimum atomic E-state index is -0.472. The van der Waals surface area contributed by atoms with Crippen molar-refractivity contribution in [1.29, 1.82) is 0 Å². The van der Waals surface area contributed by atoms with Gasteiger partial charge in [-0.05, 0) is 18.9 Å². The van der Waals surface area contributed by atoms with E-state index in [0.717, 1.165) is 39.1 Å². The summed E-state index contributed by atoms with van der Waals surface area (Å²) in [6.45, 7) is 5.49. The average Bonchev–Trinajstić information content (AvgIpc) is 3.21. The van der Waals surface area contributed by atoms with Crippen LogP contribution in [0.2, 0.25) is 0 Å². The molecule has 2 saturated heterocycles. The smallest absolute Gasteiger partial charge is 0.0900 e. The van der Waals surface area contributed by atoms with E-state index in [1.54, 1.807) is 6.20 Å². The maximum absolute atomic E-state index is 10.2. The topological polar surface area (TPSA) is 69.0 Å². The third kappa shape index (κ3) is 5.54. The molecular formula is C16H27N3O4. The zero-order valence-electron chi connectivity index (χ0n) is 13.5. The molecule has 2 aliphatic heterocycles. The highest BCUT2D eigenvalue weighted by molar-refractivity contribution is 4.81. The molecule has 0 saturated carbocycles. The summed E-state index contributed by atoms with van der Waals surface area (Å²) in [5.74, 6) is 0. The number of morpholine rings is 1. The molecule has 3 atom stereocenters. The van der Waals surface area contributed by atoms with Crippen LogP contribution in [-0.4, -0.2) is 84.2 Å². The third-order valence-corrected chi connectivity index (χ3v) is 4.28. The lowest BCUT2D eigenvalue weighted by Crippen LogP contribution is -2.47. The van der Waals surface area contributed by atoms with Crippen molar-refractivity contribution in [3.8, 4) is 0 Å². The maximum atomic E-state index is 10.2. The molecule has 0 aromatic carbocycles. The Hall–Kier alpha value is -0.990. The molecular weight excluding hydrogens is 298 g/mol. The van der Waals surface area contributed by atoms with E-state index in [1.165, 1.54) is 0 Å². The van der Waals surface area contributed by atoms with Gasteiger partial charge in [0.15, 0.2) is 0 Å². The SMILES string of the molecule is OC(COCC1CCCO1)CN1CCOC(Cn2cccn2)C1. The van der Waals surface area contributed by atoms with Crippen molar-refractivity contribution in [3.63, 3.8) is 0 Å². The Morgan fingerprint density at radius 3 is 3.00 bits per heavy atom. The molecule has 2 fully saturated rings. The fraction of sp³-hybridized carbons (Fsp3) is 0.812. The van der Waals surface area contributed by atoms with Crippen molar-refractivity contribution < 1.29 is 19.3 Å². The second kappa shape index (κ2) is 8.75. The molecule has 3 heterocycles. The van der Waals surface area contributed by atoms with Crippen LogP contribution in [0.1, 0.15) is 12.8 Å². The number of nitrogens with zero attached hydrogens (tertiary/aromatic N) is 3. The quantitative estimate of drug-likeness (QED) is 0.733. The number of β-amino-alcohol motifs (C(OH)–C–C–N with tert-alkyl or cyclic N) is 1. The number of aromatic nitrogens is 2. The van der Waals surface area contributed by atoms with Crippen molar-refractivity contribution in [1.82, 2.24) is 14.7 Å². The molecule has 3 rings (SSSR count). The van der Waals surface area contributed by atoms with Gasteiger partial charge < -0.3 is 19.3 Å². The standard InChI is InChI=1S/C16H27N3O4/c20-14(12-21-13-15-3-1-7-22-15)9-18-6-8-23-16(10-18)11-19-5-2-4-17-19/h2,4-5,14-16,20H,1,3,6-13H2. The molecule has 1 aromatic heterocycles.